The molecule has 230 valence electrons. The summed E-state index contributed by atoms with van der Waals surface area (Å²) in [6.07, 6.45) is 0. The van der Waals surface area contributed by atoms with Crippen molar-refractivity contribution in [2.45, 2.75) is 0 Å². The summed E-state index contributed by atoms with van der Waals surface area (Å²) in [5.41, 5.74) is 9.88. The summed E-state index contributed by atoms with van der Waals surface area (Å²) in [7, 11) is 0. The third-order valence-corrected chi connectivity index (χ3v) is 10.8. The number of anilines is 3. The standard InChI is InChI=1S/C46H29NOS/c1-2-10-33-29-34(20-19-30(33)9-1)31-21-25-35(26-22-31)47(40-14-8-16-42-46(40)38-11-3-5-15-41(38)48-42)36-27-23-32(24-28-36)37-13-7-18-44-45(37)39-12-4-6-17-43(39)49-44/h1-29H. The van der Waals surface area contributed by atoms with E-state index in [1.165, 1.54) is 53.2 Å². The molecule has 0 atom stereocenters. The number of fused-ring (bicyclic) bond motifs is 7. The Morgan fingerprint density at radius 2 is 1.04 bits per heavy atom. The molecule has 0 unspecified atom stereocenters. The molecule has 0 radical (unpaired) electrons. The normalized spacial score (nSPS) is 11.7. The molecule has 0 fully saturated rings. The Hall–Kier alpha value is -6.16. The molecule has 49 heavy (non-hydrogen) atoms. The van der Waals surface area contributed by atoms with Crippen LogP contribution in [0.5, 0.6) is 0 Å². The van der Waals surface area contributed by atoms with Crippen LogP contribution >= 0.6 is 11.3 Å². The summed E-state index contributed by atoms with van der Waals surface area (Å²) in [4.78, 5) is 2.36. The average molecular weight is 644 g/mol. The van der Waals surface area contributed by atoms with E-state index in [1.807, 2.05) is 23.5 Å². The Balaban J connectivity index is 1.12. The molecule has 0 amide bonds. The number of benzene rings is 8. The summed E-state index contributed by atoms with van der Waals surface area (Å²) < 4.78 is 8.98. The van der Waals surface area contributed by atoms with Crippen molar-refractivity contribution in [3.05, 3.63) is 176 Å². The molecule has 0 aliphatic rings. The maximum atomic E-state index is 6.35. The summed E-state index contributed by atoms with van der Waals surface area (Å²) in [6, 6.07) is 63.2. The van der Waals surface area contributed by atoms with Crippen molar-refractivity contribution in [3.63, 3.8) is 0 Å². The van der Waals surface area contributed by atoms with E-state index in [0.29, 0.717) is 0 Å². The molecule has 0 N–H and O–H groups in total. The zero-order valence-electron chi connectivity index (χ0n) is 26.5. The average Bonchev–Trinajstić information content (AvgIpc) is 3.74. The van der Waals surface area contributed by atoms with Gasteiger partial charge in [0.2, 0.25) is 0 Å². The van der Waals surface area contributed by atoms with Crippen LogP contribution in [0.15, 0.2) is 180 Å². The quantitative estimate of drug-likeness (QED) is 0.186. The SMILES string of the molecule is c1ccc2cc(-c3ccc(N(c4ccc(-c5cccc6sc7ccccc7c56)cc4)c4cccc5oc6ccccc6c45)cc3)ccc2c1. The molecule has 0 aliphatic carbocycles. The summed E-state index contributed by atoms with van der Waals surface area (Å²) in [5, 5.41) is 7.35. The lowest BCUT2D eigenvalue weighted by atomic mass is 9.98. The Morgan fingerprint density at radius 3 is 1.88 bits per heavy atom. The molecule has 2 nitrogen and oxygen atoms in total. The molecule has 0 saturated carbocycles. The van der Waals surface area contributed by atoms with Crippen molar-refractivity contribution in [2.24, 2.45) is 0 Å². The van der Waals surface area contributed by atoms with Crippen LogP contribution in [0.1, 0.15) is 0 Å². The Morgan fingerprint density at radius 1 is 0.408 bits per heavy atom. The van der Waals surface area contributed by atoms with Crippen LogP contribution in [0.2, 0.25) is 0 Å². The van der Waals surface area contributed by atoms with E-state index in [0.717, 1.165) is 39.0 Å². The predicted octanol–water partition coefficient (Wildman–Crippen LogP) is 13.9. The van der Waals surface area contributed by atoms with E-state index in [-0.39, 0.29) is 0 Å². The first-order valence-electron chi connectivity index (χ1n) is 16.6. The number of rotatable bonds is 5. The van der Waals surface area contributed by atoms with E-state index >= 15 is 0 Å². The van der Waals surface area contributed by atoms with Crippen LogP contribution in [0.4, 0.5) is 17.1 Å². The highest BCUT2D eigenvalue weighted by Gasteiger charge is 2.20. The number of para-hydroxylation sites is 1. The highest BCUT2D eigenvalue weighted by Crippen LogP contribution is 2.45. The number of hydrogen-bond acceptors (Lipinski definition) is 3. The maximum absolute atomic E-state index is 6.35. The number of nitrogens with zero attached hydrogens (tertiary/aromatic N) is 1. The fourth-order valence-electron chi connectivity index (χ4n) is 7.35. The van der Waals surface area contributed by atoms with Gasteiger partial charge in [-0.25, -0.2) is 0 Å². The van der Waals surface area contributed by atoms with Crippen LogP contribution in [-0.2, 0) is 0 Å². The van der Waals surface area contributed by atoms with Crippen LogP contribution in [0.3, 0.4) is 0 Å². The third-order valence-electron chi connectivity index (χ3n) is 9.67. The second-order valence-electron chi connectivity index (χ2n) is 12.5. The van der Waals surface area contributed by atoms with E-state index < -0.39 is 0 Å². The minimum Gasteiger partial charge on any atom is -0.456 e. The van der Waals surface area contributed by atoms with Gasteiger partial charge in [-0.2, -0.15) is 0 Å². The molecule has 0 aliphatic heterocycles. The zero-order chi connectivity index (χ0) is 32.3. The minimum atomic E-state index is 0.879. The van der Waals surface area contributed by atoms with Gasteiger partial charge in [-0.05, 0) is 93.7 Å². The lowest BCUT2D eigenvalue weighted by Gasteiger charge is -2.26. The zero-order valence-corrected chi connectivity index (χ0v) is 27.3. The number of hydrogen-bond donors (Lipinski definition) is 0. The second-order valence-corrected chi connectivity index (χ2v) is 13.6. The lowest BCUT2D eigenvalue weighted by Crippen LogP contribution is -2.10. The fraction of sp³-hybridized carbons (Fsp3) is 0. The van der Waals surface area contributed by atoms with Crippen molar-refractivity contribution >= 4 is 81.3 Å². The number of thiophene rings is 1. The first-order chi connectivity index (χ1) is 24.3. The van der Waals surface area contributed by atoms with Gasteiger partial charge in [-0.15, -0.1) is 11.3 Å². The van der Waals surface area contributed by atoms with Gasteiger partial charge in [0.05, 0.1) is 11.1 Å². The van der Waals surface area contributed by atoms with Crippen LogP contribution < -0.4 is 4.90 Å². The minimum absolute atomic E-state index is 0.879. The Kier molecular flexibility index (Phi) is 6.39. The molecule has 2 aromatic heterocycles. The molecule has 0 saturated heterocycles. The van der Waals surface area contributed by atoms with Crippen LogP contribution in [0, 0.1) is 0 Å². The lowest BCUT2D eigenvalue weighted by molar-refractivity contribution is 0.669. The predicted molar refractivity (Wildman–Crippen MR) is 210 cm³/mol. The highest BCUT2D eigenvalue weighted by molar-refractivity contribution is 7.25. The molecule has 10 rings (SSSR count). The van der Waals surface area contributed by atoms with Gasteiger partial charge >= 0.3 is 0 Å². The smallest absolute Gasteiger partial charge is 0.137 e. The molecule has 0 bridgehead atoms. The van der Waals surface area contributed by atoms with Crippen molar-refractivity contribution in [3.8, 4) is 22.3 Å². The third kappa shape index (κ3) is 4.62. The van der Waals surface area contributed by atoms with Crippen molar-refractivity contribution in [1.82, 2.24) is 0 Å². The summed E-state index contributed by atoms with van der Waals surface area (Å²) in [5.74, 6) is 0. The van der Waals surface area contributed by atoms with Crippen LogP contribution in [-0.4, -0.2) is 0 Å². The van der Waals surface area contributed by atoms with Crippen molar-refractivity contribution < 1.29 is 4.42 Å². The summed E-state index contributed by atoms with van der Waals surface area (Å²) >= 11 is 1.86. The fourth-order valence-corrected chi connectivity index (χ4v) is 8.48. The van der Waals surface area contributed by atoms with E-state index in [1.54, 1.807) is 0 Å². The molecule has 2 heterocycles. The van der Waals surface area contributed by atoms with E-state index in [9.17, 15) is 0 Å². The highest BCUT2D eigenvalue weighted by atomic mass is 32.1. The van der Waals surface area contributed by atoms with Gasteiger partial charge in [-0.3, -0.25) is 0 Å². The molecule has 8 aromatic carbocycles. The van der Waals surface area contributed by atoms with Crippen LogP contribution in [0.25, 0.3) is 75.1 Å². The van der Waals surface area contributed by atoms with Crippen molar-refractivity contribution in [2.75, 3.05) is 4.90 Å². The van der Waals surface area contributed by atoms with Gasteiger partial charge in [0.1, 0.15) is 11.2 Å². The van der Waals surface area contributed by atoms with E-state index in [2.05, 4.69) is 169 Å². The largest absolute Gasteiger partial charge is 0.456 e. The monoisotopic (exact) mass is 643 g/mol. The molecule has 10 aromatic rings. The van der Waals surface area contributed by atoms with E-state index in [4.69, 9.17) is 4.42 Å². The maximum Gasteiger partial charge on any atom is 0.137 e. The van der Waals surface area contributed by atoms with Gasteiger partial charge < -0.3 is 9.32 Å². The Bertz CT molecular complexity index is 2820. The molecule has 0 spiro atoms. The van der Waals surface area contributed by atoms with Crippen molar-refractivity contribution in [1.29, 1.82) is 0 Å². The second kappa shape index (κ2) is 11.2. The molecular formula is C46H29NOS. The van der Waals surface area contributed by atoms with Gasteiger partial charge in [0.15, 0.2) is 0 Å². The molecular weight excluding hydrogens is 615 g/mol. The van der Waals surface area contributed by atoms with Gasteiger partial charge in [-0.1, -0.05) is 115 Å². The first-order valence-corrected chi connectivity index (χ1v) is 17.4. The summed E-state index contributed by atoms with van der Waals surface area (Å²) in [6.45, 7) is 0. The first kappa shape index (κ1) is 27.9. The van der Waals surface area contributed by atoms with Gasteiger partial charge in [0.25, 0.3) is 0 Å². The molecule has 3 heteroatoms. The topological polar surface area (TPSA) is 16.4 Å². The Labute approximate surface area is 287 Å². The van der Waals surface area contributed by atoms with Gasteiger partial charge in [0, 0.05) is 36.9 Å². The number of furan rings is 1.